The van der Waals surface area contributed by atoms with Gasteiger partial charge in [0.2, 0.25) is 0 Å². The molecule has 30 heavy (non-hydrogen) atoms. The highest BCUT2D eigenvalue weighted by atomic mass is 19.3. The summed E-state index contributed by atoms with van der Waals surface area (Å²) in [4.78, 5) is 37.4. The van der Waals surface area contributed by atoms with Crippen molar-refractivity contribution >= 4 is 22.5 Å². The molecule has 0 saturated carbocycles. The van der Waals surface area contributed by atoms with Crippen molar-refractivity contribution in [1.82, 2.24) is 9.78 Å². The lowest BCUT2D eigenvalue weighted by atomic mass is 10.1. The minimum Gasteiger partial charge on any atom is -0.452 e. The van der Waals surface area contributed by atoms with Crippen LogP contribution < -0.4 is 10.3 Å². The van der Waals surface area contributed by atoms with Crippen LogP contribution in [0.15, 0.2) is 53.3 Å². The van der Waals surface area contributed by atoms with Gasteiger partial charge in [-0.05, 0) is 44.2 Å². The largest absolute Gasteiger partial charge is 0.452 e. The first-order valence-electron chi connectivity index (χ1n) is 9.04. The number of rotatable bonds is 7. The minimum absolute atomic E-state index is 0.0765. The van der Waals surface area contributed by atoms with E-state index in [-0.39, 0.29) is 28.6 Å². The van der Waals surface area contributed by atoms with Crippen molar-refractivity contribution in [3.8, 4) is 5.75 Å². The third kappa shape index (κ3) is 4.51. The highest BCUT2D eigenvalue weighted by molar-refractivity contribution is 6.04. The van der Waals surface area contributed by atoms with Gasteiger partial charge in [0.25, 0.3) is 5.56 Å². The van der Waals surface area contributed by atoms with E-state index in [1.165, 1.54) is 28.9 Å². The first-order valence-corrected chi connectivity index (χ1v) is 9.04. The lowest BCUT2D eigenvalue weighted by Crippen LogP contribution is -2.28. The number of aromatic nitrogens is 2. The molecule has 0 radical (unpaired) electrons. The number of hydrogen-bond donors (Lipinski definition) is 0. The second-order valence-electron chi connectivity index (χ2n) is 6.64. The number of hydrogen-bond acceptors (Lipinski definition) is 6. The van der Waals surface area contributed by atoms with Gasteiger partial charge in [0, 0.05) is 10.9 Å². The molecule has 7 nitrogen and oxygen atoms in total. The number of esters is 1. The summed E-state index contributed by atoms with van der Waals surface area (Å²) in [5, 5.41) is 4.76. The Bertz CT molecular complexity index is 1140. The lowest BCUT2D eigenvalue weighted by Gasteiger charge is -2.13. The molecule has 9 heteroatoms. The van der Waals surface area contributed by atoms with Crippen LogP contribution in [0.1, 0.15) is 40.7 Å². The van der Waals surface area contributed by atoms with Crippen LogP contribution >= 0.6 is 0 Å². The van der Waals surface area contributed by atoms with Crippen LogP contribution in [0.3, 0.4) is 0 Å². The van der Waals surface area contributed by atoms with Gasteiger partial charge < -0.3 is 9.47 Å². The van der Waals surface area contributed by atoms with E-state index in [2.05, 4.69) is 9.84 Å². The van der Waals surface area contributed by atoms with Crippen LogP contribution in [0.2, 0.25) is 0 Å². The number of carbonyl (C=O) groups is 2. The molecule has 0 bridgehead atoms. The van der Waals surface area contributed by atoms with Gasteiger partial charge in [-0.2, -0.15) is 13.9 Å². The van der Waals surface area contributed by atoms with E-state index < -0.39 is 25.0 Å². The smallest absolute Gasteiger partial charge is 0.387 e. The molecule has 2 aromatic carbocycles. The minimum atomic E-state index is -2.97. The number of ketones is 1. The highest BCUT2D eigenvalue weighted by Crippen LogP contribution is 2.17. The van der Waals surface area contributed by atoms with Gasteiger partial charge in [-0.25, -0.2) is 9.48 Å². The number of nitrogens with zero attached hydrogens (tertiary/aromatic N) is 2. The predicted octanol–water partition coefficient (Wildman–Crippen LogP) is 3.62. The molecule has 3 aromatic rings. The average Bonchev–Trinajstić information content (AvgIpc) is 2.72. The fourth-order valence-corrected chi connectivity index (χ4v) is 2.81. The fourth-order valence-electron chi connectivity index (χ4n) is 2.81. The Hall–Kier alpha value is -3.62. The molecule has 1 aromatic heterocycles. The number of ether oxygens (including phenoxy) is 2. The van der Waals surface area contributed by atoms with Crippen molar-refractivity contribution in [1.29, 1.82) is 0 Å². The van der Waals surface area contributed by atoms with Gasteiger partial charge in [0.15, 0.2) is 18.1 Å². The van der Waals surface area contributed by atoms with Crippen molar-refractivity contribution in [2.24, 2.45) is 0 Å². The normalized spacial score (nSPS) is 11.1. The number of alkyl halides is 2. The monoisotopic (exact) mass is 416 g/mol. The van der Waals surface area contributed by atoms with E-state index in [9.17, 15) is 23.2 Å². The maximum atomic E-state index is 12.6. The Morgan fingerprint density at radius 3 is 2.27 bits per heavy atom. The van der Waals surface area contributed by atoms with E-state index >= 15 is 0 Å². The maximum Gasteiger partial charge on any atom is 0.387 e. The molecule has 0 aliphatic rings. The quantitative estimate of drug-likeness (QED) is 0.432. The molecule has 0 spiro atoms. The van der Waals surface area contributed by atoms with Gasteiger partial charge in [-0.15, -0.1) is 0 Å². The number of carbonyl (C=O) groups excluding carboxylic acids is 2. The van der Waals surface area contributed by atoms with Crippen molar-refractivity contribution in [3.63, 3.8) is 0 Å². The molecule has 0 atom stereocenters. The Kier molecular flexibility index (Phi) is 6.20. The van der Waals surface area contributed by atoms with E-state index in [0.717, 1.165) is 0 Å². The summed E-state index contributed by atoms with van der Waals surface area (Å²) in [6, 6.07) is 11.2. The molecule has 0 saturated heterocycles. The van der Waals surface area contributed by atoms with Gasteiger partial charge in [0.1, 0.15) is 5.75 Å². The van der Waals surface area contributed by atoms with Crippen LogP contribution in [0.4, 0.5) is 8.78 Å². The van der Waals surface area contributed by atoms with Crippen LogP contribution in [-0.2, 0) is 4.74 Å². The Morgan fingerprint density at radius 2 is 1.67 bits per heavy atom. The van der Waals surface area contributed by atoms with Gasteiger partial charge in [-0.3, -0.25) is 9.59 Å². The molecule has 156 valence electrons. The summed E-state index contributed by atoms with van der Waals surface area (Å²) < 4.78 is 34.9. The zero-order chi connectivity index (χ0) is 21.8. The molecular formula is C21H18F2N2O5. The summed E-state index contributed by atoms with van der Waals surface area (Å²) in [5.74, 6) is -1.48. The molecule has 0 fully saturated rings. The number of benzene rings is 2. The van der Waals surface area contributed by atoms with Crippen LogP contribution in [0.25, 0.3) is 10.8 Å². The zero-order valence-corrected chi connectivity index (χ0v) is 16.2. The predicted molar refractivity (Wildman–Crippen MR) is 104 cm³/mol. The van der Waals surface area contributed by atoms with Crippen molar-refractivity contribution in [2.45, 2.75) is 26.5 Å². The molecule has 1 heterocycles. The van der Waals surface area contributed by atoms with Gasteiger partial charge in [0.05, 0.1) is 11.4 Å². The third-order valence-electron chi connectivity index (χ3n) is 4.25. The third-order valence-corrected chi connectivity index (χ3v) is 4.25. The Labute approximate surface area is 169 Å². The average molecular weight is 416 g/mol. The van der Waals surface area contributed by atoms with Crippen molar-refractivity contribution in [3.05, 3.63) is 70.1 Å². The summed E-state index contributed by atoms with van der Waals surface area (Å²) in [5.41, 5.74) is -0.249. The molecule has 3 rings (SSSR count). The summed E-state index contributed by atoms with van der Waals surface area (Å²) in [6.45, 7) is -0.0408. The molecule has 0 amide bonds. The van der Waals surface area contributed by atoms with E-state index in [1.54, 1.807) is 38.1 Å². The number of fused-ring (bicyclic) bond motifs is 1. The number of halogens is 2. The van der Waals surface area contributed by atoms with Crippen molar-refractivity contribution < 1.29 is 27.8 Å². The lowest BCUT2D eigenvalue weighted by molar-refractivity contribution is -0.0498. The van der Waals surface area contributed by atoms with Crippen molar-refractivity contribution in [2.75, 3.05) is 6.61 Å². The summed E-state index contributed by atoms with van der Waals surface area (Å²) in [6.07, 6.45) is 0. The maximum absolute atomic E-state index is 12.6. The first-order chi connectivity index (χ1) is 14.3. The zero-order valence-electron chi connectivity index (χ0n) is 16.2. The topological polar surface area (TPSA) is 87.5 Å². The fraction of sp³-hybridized carbons (Fsp3) is 0.238. The Balaban J connectivity index is 1.79. The van der Waals surface area contributed by atoms with Crippen LogP contribution in [-0.4, -0.2) is 34.8 Å². The molecule has 0 N–H and O–H groups in total. The van der Waals surface area contributed by atoms with Gasteiger partial charge in [-0.1, -0.05) is 18.2 Å². The van der Waals surface area contributed by atoms with Crippen LogP contribution in [0.5, 0.6) is 5.75 Å². The SMILES string of the molecule is CC(C)n1nc(C(=O)OCC(=O)c2ccc(OC(F)F)cc2)c2ccccc2c1=O. The van der Waals surface area contributed by atoms with Crippen LogP contribution in [0, 0.1) is 0 Å². The highest BCUT2D eigenvalue weighted by Gasteiger charge is 2.20. The second-order valence-corrected chi connectivity index (χ2v) is 6.64. The van der Waals surface area contributed by atoms with E-state index in [1.807, 2.05) is 0 Å². The van der Waals surface area contributed by atoms with E-state index in [4.69, 9.17) is 4.74 Å². The van der Waals surface area contributed by atoms with Gasteiger partial charge >= 0.3 is 12.6 Å². The number of Topliss-reactive ketones (excluding diaryl/α,β-unsaturated/α-hetero) is 1. The second kappa shape index (κ2) is 8.81. The Morgan fingerprint density at radius 1 is 1.03 bits per heavy atom. The molecule has 0 aliphatic carbocycles. The first kappa shape index (κ1) is 21.1. The van der Waals surface area contributed by atoms with E-state index in [0.29, 0.717) is 10.8 Å². The standard InChI is InChI=1S/C21H18F2N2O5/c1-12(2)25-19(27)16-6-4-3-5-15(16)18(24-25)20(28)29-11-17(26)13-7-9-14(10-8-13)30-21(22)23/h3-10,12,21H,11H2,1-2H3. The molecular weight excluding hydrogens is 398 g/mol. The summed E-state index contributed by atoms with van der Waals surface area (Å²) >= 11 is 0. The summed E-state index contributed by atoms with van der Waals surface area (Å²) in [7, 11) is 0. The molecule has 0 aliphatic heterocycles. The molecule has 0 unspecified atom stereocenters.